The number of hydrogen-bond donors (Lipinski definition) is 0. The average Bonchev–Trinajstić information content (AvgIpc) is 2.46. The Balaban J connectivity index is 2.46. The highest BCUT2D eigenvalue weighted by Crippen LogP contribution is 2.20. The SMILES string of the molecule is CCC1CCCCN1C(=O)CCN(CCC(C)C)C(C)=O. The maximum absolute atomic E-state index is 12.4. The Morgan fingerprint density at radius 2 is 1.95 bits per heavy atom. The smallest absolute Gasteiger partial charge is 0.224 e. The Labute approximate surface area is 129 Å². The third-order valence-corrected chi connectivity index (χ3v) is 4.44. The number of rotatable bonds is 7. The van der Waals surface area contributed by atoms with Crippen LogP contribution in [0.2, 0.25) is 0 Å². The van der Waals surface area contributed by atoms with Gasteiger partial charge in [-0.05, 0) is 38.0 Å². The van der Waals surface area contributed by atoms with Crippen molar-refractivity contribution in [2.75, 3.05) is 19.6 Å². The lowest BCUT2D eigenvalue weighted by atomic mass is 9.99. The summed E-state index contributed by atoms with van der Waals surface area (Å²) in [4.78, 5) is 28.0. The Morgan fingerprint density at radius 3 is 2.52 bits per heavy atom. The van der Waals surface area contributed by atoms with E-state index in [0.29, 0.717) is 24.9 Å². The second-order valence-electron chi connectivity index (χ2n) is 6.58. The summed E-state index contributed by atoms with van der Waals surface area (Å²) in [6.45, 7) is 10.3. The molecule has 1 aliphatic heterocycles. The van der Waals surface area contributed by atoms with Gasteiger partial charge >= 0.3 is 0 Å². The van der Waals surface area contributed by atoms with Gasteiger partial charge in [0.1, 0.15) is 0 Å². The fraction of sp³-hybridized carbons (Fsp3) is 0.882. The minimum absolute atomic E-state index is 0.0779. The molecule has 1 heterocycles. The molecule has 0 aromatic heterocycles. The summed E-state index contributed by atoms with van der Waals surface area (Å²) in [5.74, 6) is 0.876. The molecule has 0 bridgehead atoms. The molecule has 1 atom stereocenters. The van der Waals surface area contributed by atoms with E-state index in [2.05, 4.69) is 20.8 Å². The molecule has 0 aliphatic carbocycles. The van der Waals surface area contributed by atoms with E-state index in [1.807, 2.05) is 9.80 Å². The molecule has 21 heavy (non-hydrogen) atoms. The topological polar surface area (TPSA) is 40.6 Å². The van der Waals surface area contributed by atoms with Crippen LogP contribution in [-0.4, -0.2) is 47.3 Å². The predicted molar refractivity (Wildman–Crippen MR) is 86.0 cm³/mol. The molecule has 1 rings (SSSR count). The van der Waals surface area contributed by atoms with Crippen molar-refractivity contribution in [2.24, 2.45) is 5.92 Å². The van der Waals surface area contributed by atoms with Gasteiger partial charge in [0.15, 0.2) is 0 Å². The Kier molecular flexibility index (Phi) is 7.76. The average molecular weight is 296 g/mol. The highest BCUT2D eigenvalue weighted by Gasteiger charge is 2.25. The number of hydrogen-bond acceptors (Lipinski definition) is 2. The van der Waals surface area contributed by atoms with Crippen LogP contribution < -0.4 is 0 Å². The van der Waals surface area contributed by atoms with E-state index in [1.165, 1.54) is 6.42 Å². The quantitative estimate of drug-likeness (QED) is 0.724. The number of carbonyl (C=O) groups excluding carboxylic acids is 2. The first-order chi connectivity index (χ1) is 9.95. The molecule has 1 unspecified atom stereocenters. The van der Waals surface area contributed by atoms with Gasteiger partial charge in [0, 0.05) is 39.0 Å². The fourth-order valence-electron chi connectivity index (χ4n) is 2.97. The van der Waals surface area contributed by atoms with Crippen molar-refractivity contribution in [3.8, 4) is 0 Å². The third kappa shape index (κ3) is 6.06. The summed E-state index contributed by atoms with van der Waals surface area (Å²) in [5, 5.41) is 0. The van der Waals surface area contributed by atoms with E-state index in [9.17, 15) is 9.59 Å². The second kappa shape index (κ2) is 9.06. The third-order valence-electron chi connectivity index (χ3n) is 4.44. The van der Waals surface area contributed by atoms with Crippen LogP contribution >= 0.6 is 0 Å². The first-order valence-corrected chi connectivity index (χ1v) is 8.50. The summed E-state index contributed by atoms with van der Waals surface area (Å²) < 4.78 is 0. The zero-order valence-electron chi connectivity index (χ0n) is 14.2. The number of carbonyl (C=O) groups is 2. The van der Waals surface area contributed by atoms with Gasteiger partial charge in [-0.1, -0.05) is 20.8 Å². The van der Waals surface area contributed by atoms with Crippen LogP contribution in [-0.2, 0) is 9.59 Å². The zero-order chi connectivity index (χ0) is 15.8. The lowest BCUT2D eigenvalue weighted by Gasteiger charge is -2.36. The minimum atomic E-state index is 0.0779. The highest BCUT2D eigenvalue weighted by molar-refractivity contribution is 5.78. The van der Waals surface area contributed by atoms with Crippen LogP contribution in [0.1, 0.15) is 66.2 Å². The van der Waals surface area contributed by atoms with Crippen molar-refractivity contribution in [3.63, 3.8) is 0 Å². The molecule has 0 aromatic rings. The van der Waals surface area contributed by atoms with Crippen LogP contribution in [0, 0.1) is 5.92 Å². The van der Waals surface area contributed by atoms with Gasteiger partial charge in [-0.3, -0.25) is 9.59 Å². The highest BCUT2D eigenvalue weighted by atomic mass is 16.2. The molecule has 4 heteroatoms. The molecule has 4 nitrogen and oxygen atoms in total. The Hall–Kier alpha value is -1.06. The molecule has 1 saturated heterocycles. The van der Waals surface area contributed by atoms with Crippen LogP contribution in [0.5, 0.6) is 0 Å². The summed E-state index contributed by atoms with van der Waals surface area (Å²) >= 11 is 0. The van der Waals surface area contributed by atoms with Crippen molar-refractivity contribution >= 4 is 11.8 Å². The van der Waals surface area contributed by atoms with Gasteiger partial charge < -0.3 is 9.80 Å². The minimum Gasteiger partial charge on any atom is -0.342 e. The van der Waals surface area contributed by atoms with Gasteiger partial charge in [0.25, 0.3) is 0 Å². The second-order valence-corrected chi connectivity index (χ2v) is 6.58. The van der Waals surface area contributed by atoms with Gasteiger partial charge in [-0.25, -0.2) is 0 Å². The van der Waals surface area contributed by atoms with Crippen LogP contribution in [0.15, 0.2) is 0 Å². The van der Waals surface area contributed by atoms with Crippen molar-refractivity contribution in [1.29, 1.82) is 0 Å². The van der Waals surface area contributed by atoms with Gasteiger partial charge in [0.05, 0.1) is 0 Å². The molecule has 0 saturated carbocycles. The van der Waals surface area contributed by atoms with Crippen LogP contribution in [0.25, 0.3) is 0 Å². The number of likely N-dealkylation sites (tertiary alicyclic amines) is 1. The van der Waals surface area contributed by atoms with E-state index >= 15 is 0 Å². The maximum atomic E-state index is 12.4. The zero-order valence-corrected chi connectivity index (χ0v) is 14.2. The molecule has 1 fully saturated rings. The molecule has 1 aliphatic rings. The Morgan fingerprint density at radius 1 is 1.24 bits per heavy atom. The molecular weight excluding hydrogens is 264 g/mol. The fourth-order valence-corrected chi connectivity index (χ4v) is 2.97. The first-order valence-electron chi connectivity index (χ1n) is 8.50. The molecule has 0 N–H and O–H groups in total. The van der Waals surface area contributed by atoms with Crippen molar-refractivity contribution in [3.05, 3.63) is 0 Å². The van der Waals surface area contributed by atoms with E-state index in [0.717, 1.165) is 38.8 Å². The predicted octanol–water partition coefficient (Wildman–Crippen LogP) is 3.06. The van der Waals surface area contributed by atoms with Crippen molar-refractivity contribution in [1.82, 2.24) is 9.80 Å². The van der Waals surface area contributed by atoms with E-state index in [4.69, 9.17) is 0 Å². The van der Waals surface area contributed by atoms with Crippen molar-refractivity contribution < 1.29 is 9.59 Å². The summed E-state index contributed by atoms with van der Waals surface area (Å²) in [5.41, 5.74) is 0. The van der Waals surface area contributed by atoms with Crippen LogP contribution in [0.3, 0.4) is 0 Å². The normalized spacial score (nSPS) is 18.9. The summed E-state index contributed by atoms with van der Waals surface area (Å²) in [6.07, 6.45) is 5.98. The lowest BCUT2D eigenvalue weighted by molar-refractivity contribution is -0.136. The molecule has 2 amide bonds. The van der Waals surface area contributed by atoms with E-state index in [1.54, 1.807) is 6.92 Å². The molecule has 0 radical (unpaired) electrons. The lowest BCUT2D eigenvalue weighted by Crippen LogP contribution is -2.44. The summed E-state index contributed by atoms with van der Waals surface area (Å²) in [7, 11) is 0. The number of amides is 2. The monoisotopic (exact) mass is 296 g/mol. The maximum Gasteiger partial charge on any atom is 0.224 e. The number of piperidine rings is 1. The molecule has 122 valence electrons. The van der Waals surface area contributed by atoms with Crippen molar-refractivity contribution in [2.45, 2.75) is 72.3 Å². The van der Waals surface area contributed by atoms with Crippen LogP contribution in [0.4, 0.5) is 0 Å². The van der Waals surface area contributed by atoms with E-state index < -0.39 is 0 Å². The largest absolute Gasteiger partial charge is 0.342 e. The van der Waals surface area contributed by atoms with Gasteiger partial charge in [-0.15, -0.1) is 0 Å². The van der Waals surface area contributed by atoms with Gasteiger partial charge in [0.2, 0.25) is 11.8 Å². The molecule has 0 spiro atoms. The number of nitrogens with zero attached hydrogens (tertiary/aromatic N) is 2. The standard InChI is InChI=1S/C17H32N2O2/c1-5-16-8-6-7-11-19(16)17(21)10-13-18(15(4)20)12-9-14(2)3/h14,16H,5-13H2,1-4H3. The van der Waals surface area contributed by atoms with E-state index in [-0.39, 0.29) is 11.8 Å². The van der Waals surface area contributed by atoms with Gasteiger partial charge in [-0.2, -0.15) is 0 Å². The molecule has 0 aromatic carbocycles. The Bertz CT molecular complexity index is 342. The summed E-state index contributed by atoms with van der Waals surface area (Å²) in [6, 6.07) is 0.410. The molecular formula is C17H32N2O2. The first kappa shape index (κ1) is 18.0.